The number of nitrogens with two attached hydrogens (primary N) is 1. The minimum absolute atomic E-state index is 0.0577. The molecule has 2 aromatic rings. The standard InChI is InChI=1S/C14H16FN3S/c1-10-6-7-11(8-17-10)13(18-16)9-19-14-5-3-2-4-12(14)15/h2-8,13,18H,9,16H2,1H3. The lowest BCUT2D eigenvalue weighted by molar-refractivity contribution is 0.596. The fraction of sp³-hybridized carbons (Fsp3) is 0.214. The van der Waals surface area contributed by atoms with Crippen molar-refractivity contribution >= 4 is 11.8 Å². The molecule has 0 spiro atoms. The predicted molar refractivity (Wildman–Crippen MR) is 76.2 cm³/mol. The molecule has 0 fully saturated rings. The first-order valence-electron chi connectivity index (χ1n) is 5.96. The number of nitrogens with one attached hydrogen (secondary N) is 1. The van der Waals surface area contributed by atoms with E-state index < -0.39 is 0 Å². The maximum Gasteiger partial charge on any atom is 0.136 e. The van der Waals surface area contributed by atoms with Crippen molar-refractivity contribution in [2.45, 2.75) is 17.9 Å². The smallest absolute Gasteiger partial charge is 0.136 e. The van der Waals surface area contributed by atoms with Gasteiger partial charge in [-0.2, -0.15) is 0 Å². The Labute approximate surface area is 116 Å². The summed E-state index contributed by atoms with van der Waals surface area (Å²) in [7, 11) is 0. The first-order valence-corrected chi connectivity index (χ1v) is 6.95. The van der Waals surface area contributed by atoms with Crippen molar-refractivity contribution in [2.24, 2.45) is 5.84 Å². The fourth-order valence-corrected chi connectivity index (χ4v) is 2.68. The number of halogens is 1. The van der Waals surface area contributed by atoms with Crippen LogP contribution in [-0.4, -0.2) is 10.7 Å². The van der Waals surface area contributed by atoms with Gasteiger partial charge < -0.3 is 0 Å². The number of thioether (sulfide) groups is 1. The highest BCUT2D eigenvalue weighted by Gasteiger charge is 2.11. The number of hydrogen-bond donors (Lipinski definition) is 2. The van der Waals surface area contributed by atoms with Crippen molar-refractivity contribution in [1.82, 2.24) is 10.4 Å². The summed E-state index contributed by atoms with van der Waals surface area (Å²) in [5.41, 5.74) is 4.70. The number of hydrogen-bond acceptors (Lipinski definition) is 4. The number of pyridine rings is 1. The van der Waals surface area contributed by atoms with Crippen molar-refractivity contribution in [3.05, 3.63) is 59.7 Å². The molecule has 2 rings (SSSR count). The molecule has 0 aliphatic carbocycles. The van der Waals surface area contributed by atoms with Crippen LogP contribution in [0.5, 0.6) is 0 Å². The van der Waals surface area contributed by atoms with E-state index in [1.54, 1.807) is 18.3 Å². The van der Waals surface area contributed by atoms with Gasteiger partial charge in [0.05, 0.1) is 6.04 Å². The van der Waals surface area contributed by atoms with E-state index in [1.807, 2.05) is 25.1 Å². The van der Waals surface area contributed by atoms with Crippen LogP contribution in [0.4, 0.5) is 4.39 Å². The lowest BCUT2D eigenvalue weighted by Crippen LogP contribution is -2.29. The normalized spacial score (nSPS) is 12.4. The second kappa shape index (κ2) is 6.65. The van der Waals surface area contributed by atoms with Crippen molar-refractivity contribution in [3.8, 4) is 0 Å². The minimum Gasteiger partial charge on any atom is -0.271 e. The van der Waals surface area contributed by atoms with E-state index in [-0.39, 0.29) is 11.9 Å². The lowest BCUT2D eigenvalue weighted by Gasteiger charge is -2.15. The number of hydrazine groups is 1. The van der Waals surface area contributed by atoms with Crippen molar-refractivity contribution in [2.75, 3.05) is 5.75 Å². The molecule has 0 aliphatic rings. The molecule has 5 heteroatoms. The molecule has 3 nitrogen and oxygen atoms in total. The molecule has 0 saturated heterocycles. The highest BCUT2D eigenvalue weighted by atomic mass is 32.2. The quantitative estimate of drug-likeness (QED) is 0.501. The molecule has 1 aromatic heterocycles. The topological polar surface area (TPSA) is 50.9 Å². The molecule has 0 radical (unpaired) electrons. The second-order valence-corrected chi connectivity index (χ2v) is 5.26. The zero-order valence-electron chi connectivity index (χ0n) is 10.6. The van der Waals surface area contributed by atoms with Crippen LogP contribution >= 0.6 is 11.8 Å². The van der Waals surface area contributed by atoms with Gasteiger partial charge in [0.1, 0.15) is 5.82 Å². The maximum atomic E-state index is 13.5. The number of nitrogens with zero attached hydrogens (tertiary/aromatic N) is 1. The summed E-state index contributed by atoms with van der Waals surface area (Å²) in [6.45, 7) is 1.93. The van der Waals surface area contributed by atoms with E-state index in [0.717, 1.165) is 11.3 Å². The molecular weight excluding hydrogens is 261 g/mol. The molecule has 3 N–H and O–H groups in total. The molecule has 100 valence electrons. The van der Waals surface area contributed by atoms with E-state index in [1.165, 1.54) is 17.8 Å². The molecule has 0 saturated carbocycles. The minimum atomic E-state index is -0.203. The Morgan fingerprint density at radius 1 is 1.32 bits per heavy atom. The van der Waals surface area contributed by atoms with Gasteiger partial charge in [-0.25, -0.2) is 4.39 Å². The summed E-state index contributed by atoms with van der Waals surface area (Å²) in [6, 6.07) is 10.6. The van der Waals surface area contributed by atoms with Crippen molar-refractivity contribution < 1.29 is 4.39 Å². The van der Waals surface area contributed by atoms with Gasteiger partial charge >= 0.3 is 0 Å². The Kier molecular flexibility index (Phi) is 4.90. The number of aromatic nitrogens is 1. The van der Waals surface area contributed by atoms with Crippen LogP contribution in [0.2, 0.25) is 0 Å². The Hall–Kier alpha value is -1.43. The second-order valence-electron chi connectivity index (χ2n) is 4.19. The third kappa shape index (κ3) is 3.76. The van der Waals surface area contributed by atoms with Crippen LogP contribution in [0.15, 0.2) is 47.5 Å². The van der Waals surface area contributed by atoms with Gasteiger partial charge in [0.2, 0.25) is 0 Å². The van der Waals surface area contributed by atoms with Crippen LogP contribution in [0.1, 0.15) is 17.3 Å². The Balaban J connectivity index is 2.04. The monoisotopic (exact) mass is 277 g/mol. The molecule has 19 heavy (non-hydrogen) atoms. The van der Waals surface area contributed by atoms with Crippen molar-refractivity contribution in [3.63, 3.8) is 0 Å². The third-order valence-electron chi connectivity index (χ3n) is 2.78. The zero-order valence-corrected chi connectivity index (χ0v) is 11.5. The van der Waals surface area contributed by atoms with Crippen LogP contribution in [0.25, 0.3) is 0 Å². The van der Waals surface area contributed by atoms with E-state index in [0.29, 0.717) is 10.6 Å². The summed E-state index contributed by atoms with van der Waals surface area (Å²) in [6.07, 6.45) is 1.79. The summed E-state index contributed by atoms with van der Waals surface area (Å²) in [5, 5.41) is 0. The third-order valence-corrected chi connectivity index (χ3v) is 3.92. The molecule has 0 bridgehead atoms. The first kappa shape index (κ1) is 14.0. The lowest BCUT2D eigenvalue weighted by atomic mass is 10.1. The average Bonchev–Trinajstić information content (AvgIpc) is 2.43. The van der Waals surface area contributed by atoms with E-state index in [4.69, 9.17) is 5.84 Å². The zero-order chi connectivity index (χ0) is 13.7. The highest BCUT2D eigenvalue weighted by molar-refractivity contribution is 7.99. The van der Waals surface area contributed by atoms with E-state index in [2.05, 4.69) is 10.4 Å². The molecule has 1 unspecified atom stereocenters. The summed E-state index contributed by atoms with van der Waals surface area (Å²) >= 11 is 1.43. The van der Waals surface area contributed by atoms with Crippen LogP contribution in [-0.2, 0) is 0 Å². The van der Waals surface area contributed by atoms with Gasteiger partial charge in [-0.15, -0.1) is 11.8 Å². The SMILES string of the molecule is Cc1ccc(C(CSc2ccccc2F)NN)cn1. The maximum absolute atomic E-state index is 13.5. The molecule has 1 aromatic carbocycles. The molecule has 0 aliphatic heterocycles. The van der Waals surface area contributed by atoms with Crippen LogP contribution in [0.3, 0.4) is 0 Å². The number of rotatable bonds is 5. The molecule has 1 atom stereocenters. The largest absolute Gasteiger partial charge is 0.271 e. The van der Waals surface area contributed by atoms with E-state index >= 15 is 0 Å². The Morgan fingerprint density at radius 3 is 2.74 bits per heavy atom. The van der Waals surface area contributed by atoms with Crippen LogP contribution < -0.4 is 11.3 Å². The van der Waals surface area contributed by atoms with Gasteiger partial charge in [-0.3, -0.25) is 16.3 Å². The van der Waals surface area contributed by atoms with Gasteiger partial charge in [-0.05, 0) is 30.7 Å². The average molecular weight is 277 g/mol. The highest BCUT2D eigenvalue weighted by Crippen LogP contribution is 2.26. The Bertz CT molecular complexity index is 530. The summed E-state index contributed by atoms with van der Waals surface area (Å²) < 4.78 is 13.5. The predicted octanol–water partition coefficient (Wildman–Crippen LogP) is 2.83. The Morgan fingerprint density at radius 2 is 2.11 bits per heavy atom. The fourth-order valence-electron chi connectivity index (χ4n) is 1.66. The number of aryl methyl sites for hydroxylation is 1. The van der Waals surface area contributed by atoms with Crippen LogP contribution in [0, 0.1) is 12.7 Å². The molecule has 1 heterocycles. The molecular formula is C14H16FN3S. The number of benzene rings is 1. The van der Waals surface area contributed by atoms with Gasteiger partial charge in [0.25, 0.3) is 0 Å². The van der Waals surface area contributed by atoms with Gasteiger partial charge in [0.15, 0.2) is 0 Å². The summed E-state index contributed by atoms with van der Waals surface area (Å²) in [5.74, 6) is 6.00. The molecule has 0 amide bonds. The first-order chi connectivity index (χ1) is 9.20. The van der Waals surface area contributed by atoms with E-state index in [9.17, 15) is 4.39 Å². The summed E-state index contributed by atoms with van der Waals surface area (Å²) in [4.78, 5) is 4.87. The van der Waals surface area contributed by atoms with Crippen molar-refractivity contribution in [1.29, 1.82) is 0 Å². The van der Waals surface area contributed by atoms with Gasteiger partial charge in [-0.1, -0.05) is 18.2 Å². The van der Waals surface area contributed by atoms with Gasteiger partial charge in [0, 0.05) is 22.5 Å².